The number of carbonyl (C=O) groups is 2. The highest BCUT2D eigenvalue weighted by atomic mass is 16.6. The molecule has 4 aromatic rings. The van der Waals surface area contributed by atoms with Gasteiger partial charge in [0.25, 0.3) is 0 Å². The molecule has 0 radical (unpaired) electrons. The van der Waals surface area contributed by atoms with E-state index in [1.165, 1.54) is 33.5 Å². The van der Waals surface area contributed by atoms with E-state index in [1.807, 2.05) is 60.7 Å². The first kappa shape index (κ1) is 30.4. The summed E-state index contributed by atoms with van der Waals surface area (Å²) in [5, 5.41) is 12.3. The summed E-state index contributed by atoms with van der Waals surface area (Å²) < 4.78 is 33.4. The van der Waals surface area contributed by atoms with E-state index in [9.17, 15) is 19.7 Å². The summed E-state index contributed by atoms with van der Waals surface area (Å²) in [6.45, 7) is 0.140. The molecule has 4 rings (SSSR count). The van der Waals surface area contributed by atoms with E-state index in [-0.39, 0.29) is 52.9 Å². The number of hydrogen-bond donors (Lipinski definition) is 0. The zero-order valence-electron chi connectivity index (χ0n) is 23.9. The van der Waals surface area contributed by atoms with Crippen LogP contribution in [0, 0.1) is 10.1 Å². The van der Waals surface area contributed by atoms with Gasteiger partial charge in [-0.3, -0.25) is 10.1 Å². The largest absolute Gasteiger partial charge is 0.492 e. The minimum Gasteiger partial charge on any atom is -0.492 e. The van der Waals surface area contributed by atoms with Gasteiger partial charge in [0.1, 0.15) is 18.8 Å². The Hall–Kier alpha value is -5.58. The van der Waals surface area contributed by atoms with Crippen LogP contribution in [-0.2, 0) is 22.7 Å². The number of carbonyl (C=O) groups excluding carboxylic acids is 2. The normalized spacial score (nSPS) is 10.4. The first-order chi connectivity index (χ1) is 20.8. The van der Waals surface area contributed by atoms with Gasteiger partial charge in [-0.2, -0.15) is 0 Å². The highest BCUT2D eigenvalue weighted by Gasteiger charge is 2.36. The fourth-order valence-corrected chi connectivity index (χ4v) is 4.49. The van der Waals surface area contributed by atoms with Crippen molar-refractivity contribution in [3.8, 4) is 34.1 Å². The highest BCUT2D eigenvalue weighted by Crippen LogP contribution is 2.52. The van der Waals surface area contributed by atoms with E-state index >= 15 is 0 Å². The Kier molecular flexibility index (Phi) is 9.79. The van der Waals surface area contributed by atoms with Crippen LogP contribution in [0.3, 0.4) is 0 Å². The lowest BCUT2D eigenvalue weighted by atomic mass is 9.94. The van der Waals surface area contributed by atoms with Crippen molar-refractivity contribution in [1.82, 2.24) is 0 Å². The summed E-state index contributed by atoms with van der Waals surface area (Å²) in [7, 11) is 4.89. The van der Waals surface area contributed by atoms with E-state index in [2.05, 4.69) is 0 Å². The number of esters is 2. The molecule has 0 saturated carbocycles. The third kappa shape index (κ3) is 6.51. The van der Waals surface area contributed by atoms with Crippen LogP contribution in [0.4, 0.5) is 5.69 Å². The van der Waals surface area contributed by atoms with Crippen LogP contribution in [-0.4, -0.2) is 45.3 Å². The minimum absolute atomic E-state index is 0.0164. The summed E-state index contributed by atoms with van der Waals surface area (Å²) in [6, 6.07) is 22.7. The minimum atomic E-state index is -1.00. The Balaban J connectivity index is 2.03. The average Bonchev–Trinajstić information content (AvgIpc) is 3.05. The Bertz CT molecular complexity index is 1620. The third-order valence-corrected chi connectivity index (χ3v) is 6.47. The van der Waals surface area contributed by atoms with Crippen molar-refractivity contribution < 1.29 is 42.9 Å². The van der Waals surface area contributed by atoms with E-state index < -0.39 is 28.1 Å². The van der Waals surface area contributed by atoms with Gasteiger partial charge in [-0.15, -0.1) is 0 Å². The molecule has 0 N–H and O–H groups in total. The van der Waals surface area contributed by atoms with E-state index in [0.717, 1.165) is 18.2 Å². The molecule has 11 nitrogen and oxygen atoms in total. The van der Waals surface area contributed by atoms with Gasteiger partial charge in [0.2, 0.25) is 5.75 Å². The molecular formula is C32H29NO10. The van der Waals surface area contributed by atoms with Gasteiger partial charge in [-0.05, 0) is 29.3 Å². The van der Waals surface area contributed by atoms with Crippen molar-refractivity contribution >= 4 is 17.6 Å². The maximum Gasteiger partial charge on any atom is 0.345 e. The lowest BCUT2D eigenvalue weighted by Gasteiger charge is -2.22. The molecule has 0 fully saturated rings. The fourth-order valence-electron chi connectivity index (χ4n) is 4.49. The molecule has 0 aliphatic heterocycles. The van der Waals surface area contributed by atoms with E-state index in [1.54, 1.807) is 6.07 Å². The summed E-state index contributed by atoms with van der Waals surface area (Å²) >= 11 is 0. The van der Waals surface area contributed by atoms with Gasteiger partial charge in [-0.25, -0.2) is 9.59 Å². The Morgan fingerprint density at radius 2 is 1.21 bits per heavy atom. The van der Waals surface area contributed by atoms with Crippen molar-refractivity contribution in [1.29, 1.82) is 0 Å². The number of ether oxygens (including phenoxy) is 6. The van der Waals surface area contributed by atoms with Crippen LogP contribution in [0.25, 0.3) is 11.1 Å². The average molecular weight is 588 g/mol. The first-order valence-electron chi connectivity index (χ1n) is 12.9. The van der Waals surface area contributed by atoms with Gasteiger partial charge in [-0.1, -0.05) is 60.7 Å². The molecule has 0 aliphatic rings. The summed E-state index contributed by atoms with van der Waals surface area (Å²) in [5.41, 5.74) is 0.705. The van der Waals surface area contributed by atoms with E-state index in [4.69, 9.17) is 28.4 Å². The lowest BCUT2D eigenvalue weighted by Crippen LogP contribution is -2.12. The van der Waals surface area contributed by atoms with E-state index in [0.29, 0.717) is 0 Å². The molecule has 222 valence electrons. The molecule has 0 amide bonds. The van der Waals surface area contributed by atoms with Crippen LogP contribution in [0.5, 0.6) is 23.0 Å². The van der Waals surface area contributed by atoms with Crippen molar-refractivity contribution in [3.05, 3.63) is 111 Å². The molecule has 0 aliphatic carbocycles. The van der Waals surface area contributed by atoms with Crippen LogP contribution < -0.4 is 18.9 Å². The fraction of sp³-hybridized carbons (Fsp3) is 0.188. The summed E-state index contributed by atoms with van der Waals surface area (Å²) in [4.78, 5) is 37.4. The van der Waals surface area contributed by atoms with Crippen LogP contribution in [0.15, 0.2) is 78.9 Å². The Morgan fingerprint density at radius 3 is 1.72 bits per heavy atom. The number of nitro groups is 1. The lowest BCUT2D eigenvalue weighted by molar-refractivity contribution is -0.386. The molecule has 4 aromatic carbocycles. The monoisotopic (exact) mass is 587 g/mol. The molecule has 11 heteroatoms. The van der Waals surface area contributed by atoms with Gasteiger partial charge in [0, 0.05) is 11.1 Å². The van der Waals surface area contributed by atoms with Crippen molar-refractivity contribution in [2.24, 2.45) is 0 Å². The van der Waals surface area contributed by atoms with Crippen LogP contribution in [0.1, 0.15) is 31.8 Å². The summed E-state index contributed by atoms with van der Waals surface area (Å²) in [5.74, 6) is -1.87. The second-order valence-electron chi connectivity index (χ2n) is 8.99. The molecule has 43 heavy (non-hydrogen) atoms. The summed E-state index contributed by atoms with van der Waals surface area (Å²) in [6.07, 6.45) is 0. The maximum absolute atomic E-state index is 13.1. The Morgan fingerprint density at radius 1 is 0.674 bits per heavy atom. The van der Waals surface area contributed by atoms with Gasteiger partial charge in [0.15, 0.2) is 17.2 Å². The molecule has 0 heterocycles. The second-order valence-corrected chi connectivity index (χ2v) is 8.99. The van der Waals surface area contributed by atoms with Crippen molar-refractivity contribution in [2.45, 2.75) is 13.2 Å². The number of benzene rings is 4. The van der Waals surface area contributed by atoms with Crippen LogP contribution in [0.2, 0.25) is 0 Å². The second kappa shape index (κ2) is 13.9. The number of hydrogen-bond acceptors (Lipinski definition) is 10. The molecule has 0 aromatic heterocycles. The molecule has 0 spiro atoms. The maximum atomic E-state index is 13.1. The SMILES string of the molecule is COC(=O)c1ccc(OCc2ccccc2)c(OC)c1-c1cc(C(=O)OC)c([N+](=O)[O-])c(OC)c1OCc1ccccc1. The smallest absolute Gasteiger partial charge is 0.345 e. The number of nitrogens with zero attached hydrogens (tertiary/aromatic N) is 1. The molecule has 0 bridgehead atoms. The standard InChI is InChI=1S/C32H29NO10/c1-38-29-25(42-18-20-11-7-5-8-12-20)16-15-22(31(34)40-3)26(29)23-17-24(32(35)41-4)27(33(36)37)30(39-2)28(23)43-19-21-13-9-6-10-14-21/h5-17H,18-19H2,1-4H3. The first-order valence-corrected chi connectivity index (χ1v) is 12.9. The predicted molar refractivity (Wildman–Crippen MR) is 156 cm³/mol. The molecule has 0 atom stereocenters. The Labute approximate surface area is 247 Å². The zero-order valence-corrected chi connectivity index (χ0v) is 23.9. The van der Waals surface area contributed by atoms with Gasteiger partial charge < -0.3 is 28.4 Å². The van der Waals surface area contributed by atoms with Crippen molar-refractivity contribution in [3.63, 3.8) is 0 Å². The number of methoxy groups -OCH3 is 4. The van der Waals surface area contributed by atoms with Gasteiger partial charge >= 0.3 is 17.6 Å². The van der Waals surface area contributed by atoms with Crippen molar-refractivity contribution in [2.75, 3.05) is 28.4 Å². The predicted octanol–water partition coefficient (Wildman–Crippen LogP) is 6.01. The highest BCUT2D eigenvalue weighted by molar-refractivity contribution is 6.04. The van der Waals surface area contributed by atoms with Gasteiger partial charge in [0.05, 0.1) is 38.9 Å². The number of nitro benzene ring substituents is 1. The molecule has 0 unspecified atom stereocenters. The van der Waals surface area contributed by atoms with Crippen LogP contribution >= 0.6 is 0 Å². The quantitative estimate of drug-likeness (QED) is 0.110. The number of rotatable bonds is 12. The third-order valence-electron chi connectivity index (χ3n) is 6.47. The topological polar surface area (TPSA) is 133 Å². The molecule has 0 saturated heterocycles. The zero-order chi connectivity index (χ0) is 30.9. The molecular weight excluding hydrogens is 558 g/mol.